The highest BCUT2D eigenvalue weighted by atomic mass is 35.5. The summed E-state index contributed by atoms with van der Waals surface area (Å²) < 4.78 is 15.2. The number of hydrogen-bond acceptors (Lipinski definition) is 4. The molecule has 5 rings (SSSR count). The molecular weight excluding hydrogens is 516 g/mol. The molecule has 0 aliphatic heterocycles. The van der Waals surface area contributed by atoms with Crippen molar-refractivity contribution in [1.82, 2.24) is 14.4 Å². The van der Waals surface area contributed by atoms with E-state index in [1.807, 2.05) is 13.0 Å². The minimum absolute atomic E-state index is 0.130. The van der Waals surface area contributed by atoms with Crippen LogP contribution in [0.4, 0.5) is 15.9 Å². The smallest absolute Gasteiger partial charge is 0.256 e. The number of imidazole rings is 1. The normalized spacial score (nSPS) is 10.9. The zero-order valence-corrected chi connectivity index (χ0v) is 20.8. The van der Waals surface area contributed by atoms with Crippen molar-refractivity contribution < 1.29 is 14.0 Å². The van der Waals surface area contributed by atoms with Crippen LogP contribution in [0.2, 0.25) is 10.0 Å². The fourth-order valence-electron chi connectivity index (χ4n) is 3.73. The van der Waals surface area contributed by atoms with E-state index in [0.717, 1.165) is 17.2 Å². The molecule has 2 aromatic heterocycles. The van der Waals surface area contributed by atoms with Gasteiger partial charge in [0, 0.05) is 39.8 Å². The third-order valence-electron chi connectivity index (χ3n) is 5.69. The van der Waals surface area contributed by atoms with Crippen molar-refractivity contribution in [2.45, 2.75) is 6.92 Å². The number of aryl methyl sites for hydroxylation is 1. The van der Waals surface area contributed by atoms with Gasteiger partial charge in [0.05, 0.1) is 16.9 Å². The van der Waals surface area contributed by atoms with Gasteiger partial charge in [0.1, 0.15) is 5.82 Å². The van der Waals surface area contributed by atoms with Crippen LogP contribution in [0.5, 0.6) is 0 Å². The Hall–Kier alpha value is -4.27. The fourth-order valence-corrected chi connectivity index (χ4v) is 4.09. The first-order chi connectivity index (χ1) is 17.8. The third-order valence-corrected chi connectivity index (χ3v) is 6.39. The number of carbonyl (C=O) groups is 2. The van der Waals surface area contributed by atoms with Crippen LogP contribution >= 0.6 is 23.2 Å². The van der Waals surface area contributed by atoms with Crippen molar-refractivity contribution >= 4 is 52.2 Å². The lowest BCUT2D eigenvalue weighted by Crippen LogP contribution is -2.14. The number of fused-ring (bicyclic) bond motifs is 1. The highest BCUT2D eigenvalue weighted by Crippen LogP contribution is 2.27. The maximum atomic E-state index is 13.4. The fraction of sp³-hybridized carbons (Fsp3) is 0.0370. The topological polar surface area (TPSA) is 88.4 Å². The van der Waals surface area contributed by atoms with E-state index >= 15 is 0 Å². The molecule has 0 aliphatic carbocycles. The zero-order valence-electron chi connectivity index (χ0n) is 19.3. The van der Waals surface area contributed by atoms with E-state index in [1.54, 1.807) is 59.4 Å². The Morgan fingerprint density at radius 2 is 1.62 bits per heavy atom. The predicted octanol–water partition coefficient (Wildman–Crippen LogP) is 6.66. The molecular formula is C27H18Cl2FN5O2. The molecule has 5 aromatic rings. The van der Waals surface area contributed by atoms with Crippen LogP contribution in [-0.4, -0.2) is 26.2 Å². The minimum Gasteiger partial charge on any atom is -0.322 e. The van der Waals surface area contributed by atoms with Crippen molar-refractivity contribution in [3.05, 3.63) is 112 Å². The average molecular weight is 534 g/mol. The second-order valence-corrected chi connectivity index (χ2v) is 9.01. The Labute approximate surface area is 220 Å². The van der Waals surface area contributed by atoms with Gasteiger partial charge in [-0.2, -0.15) is 0 Å². The molecule has 0 saturated heterocycles. The van der Waals surface area contributed by atoms with E-state index in [2.05, 4.69) is 20.6 Å². The number of amides is 2. The lowest BCUT2D eigenvalue weighted by molar-refractivity contribution is 0.101. The van der Waals surface area contributed by atoms with Gasteiger partial charge in [-0.3, -0.25) is 14.0 Å². The maximum Gasteiger partial charge on any atom is 0.256 e. The predicted molar refractivity (Wildman–Crippen MR) is 142 cm³/mol. The van der Waals surface area contributed by atoms with Gasteiger partial charge in [0.15, 0.2) is 11.5 Å². The number of nitrogens with one attached hydrogen (secondary N) is 2. The van der Waals surface area contributed by atoms with E-state index in [-0.39, 0.29) is 22.3 Å². The molecule has 3 aromatic carbocycles. The standard InChI is InChI=1S/C27H18Cl2FN5O2/c1-15-5-6-17(12-20(15)28)27(37)34-24-25-32-14-23(35(25)10-9-31-24)16-3-2-4-19(11-16)33-26(36)18-7-8-22(30)21(29)13-18/h2-14H,1H3,(H,33,36)(H,31,34,37). The number of aromatic nitrogens is 3. The van der Waals surface area contributed by atoms with Gasteiger partial charge in [-0.05, 0) is 55.0 Å². The SMILES string of the molecule is Cc1ccc(C(=O)Nc2nccn3c(-c4cccc(NC(=O)c5ccc(F)c(Cl)c5)c4)cnc23)cc1Cl. The molecule has 0 radical (unpaired) electrons. The summed E-state index contributed by atoms with van der Waals surface area (Å²) in [6, 6.07) is 16.0. The van der Waals surface area contributed by atoms with Crippen molar-refractivity contribution in [2.75, 3.05) is 10.6 Å². The van der Waals surface area contributed by atoms with E-state index in [9.17, 15) is 14.0 Å². The molecule has 0 unspecified atom stereocenters. The first kappa shape index (κ1) is 24.4. The van der Waals surface area contributed by atoms with E-state index in [4.69, 9.17) is 23.2 Å². The van der Waals surface area contributed by atoms with Gasteiger partial charge in [-0.25, -0.2) is 14.4 Å². The lowest BCUT2D eigenvalue weighted by Gasteiger charge is -2.09. The summed E-state index contributed by atoms with van der Waals surface area (Å²) >= 11 is 12.0. The van der Waals surface area contributed by atoms with Crippen molar-refractivity contribution in [1.29, 1.82) is 0 Å². The quantitative estimate of drug-likeness (QED) is 0.264. The number of benzene rings is 3. The second kappa shape index (κ2) is 10.0. The van der Waals surface area contributed by atoms with Gasteiger partial charge in [0.2, 0.25) is 0 Å². The van der Waals surface area contributed by atoms with Gasteiger partial charge in [0.25, 0.3) is 11.8 Å². The lowest BCUT2D eigenvalue weighted by atomic mass is 10.1. The molecule has 0 spiro atoms. The van der Waals surface area contributed by atoms with Crippen LogP contribution in [0.25, 0.3) is 16.9 Å². The second-order valence-electron chi connectivity index (χ2n) is 8.19. The number of rotatable bonds is 5. The summed E-state index contributed by atoms with van der Waals surface area (Å²) in [5.41, 5.74) is 3.95. The molecule has 2 N–H and O–H groups in total. The average Bonchev–Trinajstić information content (AvgIpc) is 3.33. The largest absolute Gasteiger partial charge is 0.322 e. The molecule has 2 amide bonds. The maximum absolute atomic E-state index is 13.4. The van der Waals surface area contributed by atoms with Gasteiger partial charge in [-0.1, -0.05) is 41.4 Å². The van der Waals surface area contributed by atoms with Crippen LogP contribution in [0, 0.1) is 12.7 Å². The van der Waals surface area contributed by atoms with Gasteiger partial charge < -0.3 is 10.6 Å². The zero-order chi connectivity index (χ0) is 26.1. The molecule has 7 nitrogen and oxygen atoms in total. The number of halogens is 3. The highest BCUT2D eigenvalue weighted by Gasteiger charge is 2.15. The minimum atomic E-state index is -0.597. The molecule has 37 heavy (non-hydrogen) atoms. The monoisotopic (exact) mass is 533 g/mol. The van der Waals surface area contributed by atoms with Crippen molar-refractivity contribution in [3.8, 4) is 11.3 Å². The van der Waals surface area contributed by atoms with Gasteiger partial charge in [-0.15, -0.1) is 0 Å². The van der Waals surface area contributed by atoms with Crippen LogP contribution in [0.1, 0.15) is 26.3 Å². The molecule has 184 valence electrons. The van der Waals surface area contributed by atoms with Gasteiger partial charge >= 0.3 is 0 Å². The van der Waals surface area contributed by atoms with E-state index in [1.165, 1.54) is 12.1 Å². The Balaban J connectivity index is 1.41. The van der Waals surface area contributed by atoms with Crippen molar-refractivity contribution in [3.63, 3.8) is 0 Å². The number of anilines is 2. The molecule has 0 fully saturated rings. The summed E-state index contributed by atoms with van der Waals surface area (Å²) in [6.07, 6.45) is 4.93. The molecule has 0 bridgehead atoms. The molecule has 0 aliphatic rings. The summed E-state index contributed by atoms with van der Waals surface area (Å²) in [6.45, 7) is 1.86. The Bertz CT molecular complexity index is 1690. The third kappa shape index (κ3) is 5.02. The Morgan fingerprint density at radius 1 is 0.892 bits per heavy atom. The first-order valence-corrected chi connectivity index (χ1v) is 11.8. The summed E-state index contributed by atoms with van der Waals surface area (Å²) in [5.74, 6) is -1.10. The van der Waals surface area contributed by atoms with Crippen molar-refractivity contribution in [2.24, 2.45) is 0 Å². The summed E-state index contributed by atoms with van der Waals surface area (Å²) in [4.78, 5) is 34.1. The van der Waals surface area contributed by atoms with E-state index < -0.39 is 11.7 Å². The number of hydrogen-bond donors (Lipinski definition) is 2. The number of nitrogens with zero attached hydrogens (tertiary/aromatic N) is 3. The van der Waals surface area contributed by atoms with Crippen LogP contribution < -0.4 is 10.6 Å². The molecule has 2 heterocycles. The molecule has 0 saturated carbocycles. The Kier molecular flexibility index (Phi) is 6.60. The summed E-state index contributed by atoms with van der Waals surface area (Å²) in [5, 5.41) is 5.95. The van der Waals surface area contributed by atoms with E-state index in [0.29, 0.717) is 27.6 Å². The number of carbonyl (C=O) groups excluding carboxylic acids is 2. The summed E-state index contributed by atoms with van der Waals surface area (Å²) in [7, 11) is 0. The molecule has 10 heteroatoms. The first-order valence-electron chi connectivity index (χ1n) is 11.1. The van der Waals surface area contributed by atoms with Crippen LogP contribution in [-0.2, 0) is 0 Å². The Morgan fingerprint density at radius 3 is 2.38 bits per heavy atom. The van der Waals surface area contributed by atoms with Crippen LogP contribution in [0.15, 0.2) is 79.3 Å². The molecule has 0 atom stereocenters. The van der Waals surface area contributed by atoms with Crippen LogP contribution in [0.3, 0.4) is 0 Å². The highest BCUT2D eigenvalue weighted by molar-refractivity contribution is 6.32.